The van der Waals surface area contributed by atoms with Crippen LogP contribution in [0.15, 0.2) is 41.1 Å². The van der Waals surface area contributed by atoms with Crippen molar-refractivity contribution in [3.05, 3.63) is 52.3 Å². The Balaban J connectivity index is 2.08. The van der Waals surface area contributed by atoms with Gasteiger partial charge in [0.05, 0.1) is 18.7 Å². The van der Waals surface area contributed by atoms with Crippen LogP contribution in [0.3, 0.4) is 0 Å². The monoisotopic (exact) mass is 350 g/mol. The zero-order valence-electron chi connectivity index (χ0n) is 12.4. The number of rotatable bonds is 6. The number of benzene rings is 1. The van der Waals surface area contributed by atoms with E-state index in [1.54, 1.807) is 26.6 Å². The lowest BCUT2D eigenvalue weighted by molar-refractivity contribution is 0.352. The summed E-state index contributed by atoms with van der Waals surface area (Å²) in [4.78, 5) is 4.04. The second kappa shape index (κ2) is 7.43. The summed E-state index contributed by atoms with van der Waals surface area (Å²) in [5.41, 5.74) is 2.34. The summed E-state index contributed by atoms with van der Waals surface area (Å²) < 4.78 is 11.6. The number of nitrogens with zero attached hydrogens (tertiary/aromatic N) is 1. The third kappa shape index (κ3) is 3.95. The van der Waals surface area contributed by atoms with E-state index >= 15 is 0 Å². The summed E-state index contributed by atoms with van der Waals surface area (Å²) in [5.74, 6) is 1.43. The number of pyridine rings is 1. The lowest BCUT2D eigenvalue weighted by Crippen LogP contribution is -2.18. The first-order valence-electron chi connectivity index (χ1n) is 6.69. The molecule has 5 heteroatoms. The second-order valence-electron chi connectivity index (χ2n) is 4.70. The molecule has 1 aromatic heterocycles. The zero-order chi connectivity index (χ0) is 15.2. The number of halogens is 1. The van der Waals surface area contributed by atoms with Gasteiger partial charge in [-0.1, -0.05) is 0 Å². The Kier molecular flexibility index (Phi) is 5.59. The van der Waals surface area contributed by atoms with Gasteiger partial charge in [0.15, 0.2) is 11.5 Å². The number of nitrogens with one attached hydrogen (secondary N) is 1. The van der Waals surface area contributed by atoms with Crippen molar-refractivity contribution in [1.29, 1.82) is 0 Å². The number of methoxy groups -OCH3 is 2. The molecular formula is C16H19BrN2O2. The number of ether oxygens (including phenoxy) is 2. The maximum atomic E-state index is 5.36. The minimum absolute atomic E-state index is 0.250. The third-order valence-electron chi connectivity index (χ3n) is 3.31. The van der Waals surface area contributed by atoms with E-state index in [1.807, 2.05) is 24.3 Å². The highest BCUT2D eigenvalue weighted by atomic mass is 79.9. The molecule has 1 atom stereocenters. The van der Waals surface area contributed by atoms with Gasteiger partial charge in [-0.25, -0.2) is 0 Å². The van der Waals surface area contributed by atoms with Gasteiger partial charge in [0.25, 0.3) is 0 Å². The summed E-state index contributed by atoms with van der Waals surface area (Å²) in [6, 6.07) is 8.30. The highest BCUT2D eigenvalue weighted by Crippen LogP contribution is 2.36. The first-order valence-corrected chi connectivity index (χ1v) is 7.48. The maximum Gasteiger partial charge on any atom is 0.174 e. The summed E-state index contributed by atoms with van der Waals surface area (Å²) in [6.45, 7) is 2.87. The molecule has 0 aliphatic carbocycles. The summed E-state index contributed by atoms with van der Waals surface area (Å²) in [5, 5.41) is 3.49. The fraction of sp³-hybridized carbons (Fsp3) is 0.312. The summed E-state index contributed by atoms with van der Waals surface area (Å²) in [7, 11) is 3.27. The van der Waals surface area contributed by atoms with Crippen LogP contribution in [0.4, 0.5) is 0 Å². The average molecular weight is 351 g/mol. The molecule has 0 aliphatic heterocycles. The maximum absolute atomic E-state index is 5.36. The van der Waals surface area contributed by atoms with E-state index in [0.717, 1.165) is 22.3 Å². The van der Waals surface area contributed by atoms with Gasteiger partial charge in [-0.05, 0) is 58.2 Å². The van der Waals surface area contributed by atoms with Gasteiger partial charge >= 0.3 is 0 Å². The van der Waals surface area contributed by atoms with Gasteiger partial charge in [0.1, 0.15) is 0 Å². The standard InChI is InChI=1S/C16H19BrN2O2/c1-11(13-4-6-18-7-5-13)19-10-12-8-14(17)16(21-3)15(9-12)20-2/h4-9,11,19H,10H2,1-3H3. The van der Waals surface area contributed by atoms with Gasteiger partial charge in [0.2, 0.25) is 0 Å². The quantitative estimate of drug-likeness (QED) is 0.862. The highest BCUT2D eigenvalue weighted by Gasteiger charge is 2.11. The molecule has 1 heterocycles. The summed E-state index contributed by atoms with van der Waals surface area (Å²) >= 11 is 3.51. The van der Waals surface area contributed by atoms with Gasteiger partial charge in [-0.15, -0.1) is 0 Å². The first kappa shape index (κ1) is 15.8. The lowest BCUT2D eigenvalue weighted by Gasteiger charge is -2.16. The molecule has 2 aromatic rings. The van der Waals surface area contributed by atoms with Crippen LogP contribution in [0.5, 0.6) is 11.5 Å². The predicted molar refractivity (Wildman–Crippen MR) is 86.7 cm³/mol. The van der Waals surface area contributed by atoms with Crippen molar-refractivity contribution in [2.24, 2.45) is 0 Å². The molecule has 1 N–H and O–H groups in total. The second-order valence-corrected chi connectivity index (χ2v) is 5.55. The Bertz CT molecular complexity index is 590. The van der Waals surface area contributed by atoms with E-state index in [0.29, 0.717) is 5.75 Å². The lowest BCUT2D eigenvalue weighted by atomic mass is 10.1. The van der Waals surface area contributed by atoms with Crippen molar-refractivity contribution in [2.75, 3.05) is 14.2 Å². The fourth-order valence-corrected chi connectivity index (χ4v) is 2.77. The Morgan fingerprint density at radius 3 is 2.52 bits per heavy atom. The predicted octanol–water partition coefficient (Wildman–Crippen LogP) is 3.71. The molecule has 0 amide bonds. The van der Waals surface area contributed by atoms with Crippen molar-refractivity contribution in [3.8, 4) is 11.5 Å². The molecule has 112 valence electrons. The normalized spacial score (nSPS) is 12.0. The molecule has 0 bridgehead atoms. The van der Waals surface area contributed by atoms with Crippen molar-refractivity contribution >= 4 is 15.9 Å². The topological polar surface area (TPSA) is 43.4 Å². The number of hydrogen-bond donors (Lipinski definition) is 1. The van der Waals surface area contributed by atoms with Crippen LogP contribution in [-0.4, -0.2) is 19.2 Å². The zero-order valence-corrected chi connectivity index (χ0v) is 14.0. The molecule has 0 aliphatic rings. The van der Waals surface area contributed by atoms with E-state index in [9.17, 15) is 0 Å². The van der Waals surface area contributed by atoms with Gasteiger partial charge in [0, 0.05) is 25.0 Å². The van der Waals surface area contributed by atoms with E-state index in [1.165, 1.54) is 5.56 Å². The molecule has 1 aromatic carbocycles. The number of aromatic nitrogens is 1. The van der Waals surface area contributed by atoms with Crippen molar-refractivity contribution < 1.29 is 9.47 Å². The first-order chi connectivity index (χ1) is 10.2. The Labute approximate surface area is 133 Å². The van der Waals surface area contributed by atoms with Crippen LogP contribution in [0, 0.1) is 0 Å². The highest BCUT2D eigenvalue weighted by molar-refractivity contribution is 9.10. The molecule has 0 saturated carbocycles. The molecule has 0 saturated heterocycles. The van der Waals surface area contributed by atoms with Crippen molar-refractivity contribution in [1.82, 2.24) is 10.3 Å². The Morgan fingerprint density at radius 2 is 1.90 bits per heavy atom. The van der Waals surface area contributed by atoms with Crippen LogP contribution in [0.1, 0.15) is 24.1 Å². The average Bonchev–Trinajstić information content (AvgIpc) is 2.52. The molecule has 0 spiro atoms. The fourth-order valence-electron chi connectivity index (χ4n) is 2.11. The largest absolute Gasteiger partial charge is 0.493 e. The van der Waals surface area contributed by atoms with Crippen LogP contribution in [-0.2, 0) is 6.54 Å². The van der Waals surface area contributed by atoms with Crippen LogP contribution >= 0.6 is 15.9 Å². The van der Waals surface area contributed by atoms with Gasteiger partial charge in [-0.2, -0.15) is 0 Å². The molecule has 0 radical (unpaired) electrons. The molecule has 21 heavy (non-hydrogen) atoms. The van der Waals surface area contributed by atoms with Crippen LogP contribution < -0.4 is 14.8 Å². The molecule has 0 fully saturated rings. The van der Waals surface area contributed by atoms with E-state index < -0.39 is 0 Å². The summed E-state index contributed by atoms with van der Waals surface area (Å²) in [6.07, 6.45) is 3.61. The third-order valence-corrected chi connectivity index (χ3v) is 3.90. The SMILES string of the molecule is COc1cc(CNC(C)c2ccncc2)cc(Br)c1OC. The molecule has 1 unspecified atom stereocenters. The molecule has 2 rings (SSSR count). The molecular weight excluding hydrogens is 332 g/mol. The van der Waals surface area contributed by atoms with E-state index in [2.05, 4.69) is 33.2 Å². The van der Waals surface area contributed by atoms with Crippen molar-refractivity contribution in [3.63, 3.8) is 0 Å². The van der Waals surface area contributed by atoms with Gasteiger partial charge in [-0.3, -0.25) is 4.98 Å². The van der Waals surface area contributed by atoms with Crippen LogP contribution in [0.25, 0.3) is 0 Å². The number of hydrogen-bond acceptors (Lipinski definition) is 4. The van der Waals surface area contributed by atoms with Crippen LogP contribution in [0.2, 0.25) is 0 Å². The minimum atomic E-state index is 0.250. The van der Waals surface area contributed by atoms with E-state index in [-0.39, 0.29) is 6.04 Å². The van der Waals surface area contributed by atoms with Gasteiger partial charge < -0.3 is 14.8 Å². The van der Waals surface area contributed by atoms with Crippen molar-refractivity contribution in [2.45, 2.75) is 19.5 Å². The minimum Gasteiger partial charge on any atom is -0.493 e. The Hall–Kier alpha value is -1.59. The van der Waals surface area contributed by atoms with E-state index in [4.69, 9.17) is 9.47 Å². The Morgan fingerprint density at radius 1 is 1.19 bits per heavy atom. The molecule has 4 nitrogen and oxygen atoms in total. The smallest absolute Gasteiger partial charge is 0.174 e.